The molecule has 108 valence electrons. The van der Waals surface area contributed by atoms with Gasteiger partial charge in [0, 0.05) is 28.8 Å². The molecule has 0 aliphatic rings. The summed E-state index contributed by atoms with van der Waals surface area (Å²) in [5, 5.41) is 3.43. The largest absolute Gasteiger partial charge is 0.316 e. The highest BCUT2D eigenvalue weighted by Gasteiger charge is 2.27. The van der Waals surface area contributed by atoms with Crippen LogP contribution in [0.3, 0.4) is 0 Å². The molecule has 0 amide bonds. The van der Waals surface area contributed by atoms with Crippen LogP contribution in [-0.2, 0) is 10.8 Å². The van der Waals surface area contributed by atoms with Gasteiger partial charge in [-0.05, 0) is 31.5 Å². The van der Waals surface area contributed by atoms with Gasteiger partial charge in [0.1, 0.15) is 0 Å². The molecule has 0 radical (unpaired) electrons. The van der Waals surface area contributed by atoms with Crippen molar-refractivity contribution >= 4 is 0 Å². The van der Waals surface area contributed by atoms with Gasteiger partial charge in [0.2, 0.25) is 0 Å². The molecule has 0 bridgehead atoms. The van der Waals surface area contributed by atoms with E-state index in [1.807, 2.05) is 0 Å². The molecule has 19 heavy (non-hydrogen) atoms. The van der Waals surface area contributed by atoms with Gasteiger partial charge in [-0.3, -0.25) is 4.98 Å². The van der Waals surface area contributed by atoms with Crippen molar-refractivity contribution in [2.75, 3.05) is 13.1 Å². The Morgan fingerprint density at radius 1 is 1.05 bits per heavy atom. The van der Waals surface area contributed by atoms with Crippen molar-refractivity contribution in [3.05, 3.63) is 29.1 Å². The van der Waals surface area contributed by atoms with Crippen LogP contribution >= 0.6 is 0 Å². The average Bonchev–Trinajstić information content (AvgIpc) is 2.36. The first-order chi connectivity index (χ1) is 8.74. The summed E-state index contributed by atoms with van der Waals surface area (Å²) in [4.78, 5) is 5.00. The molecule has 0 atom stereocenters. The van der Waals surface area contributed by atoms with Gasteiger partial charge in [-0.2, -0.15) is 0 Å². The monoisotopic (exact) mass is 262 g/mol. The Morgan fingerprint density at radius 2 is 1.68 bits per heavy atom. The number of pyridine rings is 1. The van der Waals surface area contributed by atoms with Crippen molar-refractivity contribution in [3.8, 4) is 0 Å². The molecule has 1 heterocycles. The van der Waals surface area contributed by atoms with Crippen LogP contribution in [0.1, 0.15) is 64.9 Å². The Bertz CT molecular complexity index is 419. The SMILES string of the molecule is CCNCC(C)(C)c1ccc(C)c(C(C)(C)CC)n1. The number of likely N-dealkylation sites (N-methyl/N-ethyl adjacent to an activating group) is 1. The minimum Gasteiger partial charge on any atom is -0.316 e. The summed E-state index contributed by atoms with van der Waals surface area (Å²) in [5.74, 6) is 0. The Hall–Kier alpha value is -0.890. The Balaban J connectivity index is 3.15. The van der Waals surface area contributed by atoms with Crippen LogP contribution in [0.5, 0.6) is 0 Å². The number of nitrogens with zero attached hydrogens (tertiary/aromatic N) is 1. The number of nitrogens with one attached hydrogen (secondary N) is 1. The molecule has 1 rings (SSSR count). The number of aromatic nitrogens is 1. The molecule has 1 N–H and O–H groups in total. The van der Waals surface area contributed by atoms with Gasteiger partial charge < -0.3 is 5.32 Å². The van der Waals surface area contributed by atoms with E-state index >= 15 is 0 Å². The Morgan fingerprint density at radius 3 is 2.21 bits per heavy atom. The maximum absolute atomic E-state index is 5.00. The highest BCUT2D eigenvalue weighted by atomic mass is 14.9. The van der Waals surface area contributed by atoms with E-state index in [1.54, 1.807) is 0 Å². The standard InChI is InChI=1S/C17H30N2/c1-8-16(4,5)15-13(3)10-11-14(19-15)17(6,7)12-18-9-2/h10-11,18H,8-9,12H2,1-7H3. The summed E-state index contributed by atoms with van der Waals surface area (Å²) in [6, 6.07) is 4.41. The van der Waals surface area contributed by atoms with E-state index in [2.05, 4.69) is 65.9 Å². The number of rotatable bonds is 6. The summed E-state index contributed by atoms with van der Waals surface area (Å²) in [7, 11) is 0. The van der Waals surface area contributed by atoms with Crippen molar-refractivity contribution in [1.82, 2.24) is 10.3 Å². The first-order valence-corrected chi connectivity index (χ1v) is 7.44. The van der Waals surface area contributed by atoms with E-state index in [4.69, 9.17) is 4.98 Å². The van der Waals surface area contributed by atoms with Crippen molar-refractivity contribution in [2.45, 2.75) is 65.7 Å². The third-order valence-electron chi connectivity index (χ3n) is 4.13. The van der Waals surface area contributed by atoms with E-state index in [9.17, 15) is 0 Å². The zero-order chi connectivity index (χ0) is 14.7. The number of hydrogen-bond donors (Lipinski definition) is 1. The highest BCUT2D eigenvalue weighted by molar-refractivity contribution is 5.30. The summed E-state index contributed by atoms with van der Waals surface area (Å²) in [5.41, 5.74) is 3.96. The third-order valence-corrected chi connectivity index (χ3v) is 4.13. The van der Waals surface area contributed by atoms with Crippen molar-refractivity contribution in [3.63, 3.8) is 0 Å². The van der Waals surface area contributed by atoms with Crippen LogP contribution in [-0.4, -0.2) is 18.1 Å². The van der Waals surface area contributed by atoms with Crippen LogP contribution in [0.25, 0.3) is 0 Å². The van der Waals surface area contributed by atoms with Gasteiger partial charge in [0.25, 0.3) is 0 Å². The minimum atomic E-state index is 0.0717. The molecule has 0 saturated heterocycles. The van der Waals surface area contributed by atoms with Gasteiger partial charge in [-0.1, -0.05) is 47.6 Å². The maximum Gasteiger partial charge on any atom is 0.0492 e. The zero-order valence-corrected chi connectivity index (χ0v) is 13.7. The third kappa shape index (κ3) is 3.79. The van der Waals surface area contributed by atoms with E-state index in [0.717, 1.165) is 19.5 Å². The lowest BCUT2D eigenvalue weighted by Crippen LogP contribution is -2.34. The van der Waals surface area contributed by atoms with Crippen LogP contribution < -0.4 is 5.32 Å². The molecule has 0 aromatic carbocycles. The lowest BCUT2D eigenvalue weighted by Gasteiger charge is -2.29. The summed E-state index contributed by atoms with van der Waals surface area (Å²) >= 11 is 0. The fourth-order valence-electron chi connectivity index (χ4n) is 2.29. The lowest BCUT2D eigenvalue weighted by molar-refractivity contribution is 0.446. The molecule has 1 aromatic rings. The molecule has 1 aromatic heterocycles. The van der Waals surface area contributed by atoms with Crippen LogP contribution in [0.4, 0.5) is 0 Å². The van der Waals surface area contributed by atoms with E-state index in [1.165, 1.54) is 17.0 Å². The highest BCUT2D eigenvalue weighted by Crippen LogP contribution is 2.30. The molecule has 0 fully saturated rings. The van der Waals surface area contributed by atoms with Crippen LogP contribution in [0.2, 0.25) is 0 Å². The quantitative estimate of drug-likeness (QED) is 0.839. The fraction of sp³-hybridized carbons (Fsp3) is 0.706. The molecule has 0 aliphatic carbocycles. The summed E-state index contributed by atoms with van der Waals surface area (Å²) in [6.45, 7) is 17.6. The Kier molecular flexibility index (Phi) is 5.14. The molecule has 2 nitrogen and oxygen atoms in total. The first-order valence-electron chi connectivity index (χ1n) is 7.44. The average molecular weight is 262 g/mol. The molecule has 2 heteroatoms. The van der Waals surface area contributed by atoms with Crippen molar-refractivity contribution < 1.29 is 0 Å². The summed E-state index contributed by atoms with van der Waals surface area (Å²) in [6.07, 6.45) is 1.11. The number of aryl methyl sites for hydroxylation is 1. The molecule has 0 saturated carbocycles. The molecule has 0 unspecified atom stereocenters. The van der Waals surface area contributed by atoms with Crippen LogP contribution in [0, 0.1) is 6.92 Å². The van der Waals surface area contributed by atoms with E-state index in [0.29, 0.717) is 0 Å². The predicted molar refractivity (Wildman–Crippen MR) is 83.9 cm³/mol. The van der Waals surface area contributed by atoms with Gasteiger partial charge in [-0.25, -0.2) is 0 Å². The minimum absolute atomic E-state index is 0.0717. The second-order valence-electron chi connectivity index (χ2n) is 6.76. The molecular formula is C17H30N2. The fourth-order valence-corrected chi connectivity index (χ4v) is 2.29. The van der Waals surface area contributed by atoms with Crippen LogP contribution in [0.15, 0.2) is 12.1 Å². The second-order valence-corrected chi connectivity index (χ2v) is 6.76. The van der Waals surface area contributed by atoms with Gasteiger partial charge >= 0.3 is 0 Å². The first kappa shape index (κ1) is 16.2. The van der Waals surface area contributed by atoms with E-state index in [-0.39, 0.29) is 10.8 Å². The van der Waals surface area contributed by atoms with Gasteiger partial charge in [-0.15, -0.1) is 0 Å². The normalized spacial score (nSPS) is 12.8. The lowest BCUT2D eigenvalue weighted by atomic mass is 9.82. The second kappa shape index (κ2) is 6.04. The van der Waals surface area contributed by atoms with Crippen molar-refractivity contribution in [2.24, 2.45) is 0 Å². The predicted octanol–water partition coefficient (Wildman–Crippen LogP) is 3.96. The summed E-state index contributed by atoms with van der Waals surface area (Å²) < 4.78 is 0. The van der Waals surface area contributed by atoms with Gasteiger partial charge in [0.05, 0.1) is 0 Å². The topological polar surface area (TPSA) is 24.9 Å². The Labute approximate surface area is 119 Å². The number of hydrogen-bond acceptors (Lipinski definition) is 2. The van der Waals surface area contributed by atoms with E-state index < -0.39 is 0 Å². The zero-order valence-electron chi connectivity index (χ0n) is 13.7. The van der Waals surface area contributed by atoms with Crippen molar-refractivity contribution in [1.29, 1.82) is 0 Å². The maximum atomic E-state index is 5.00. The molecule has 0 spiro atoms. The smallest absolute Gasteiger partial charge is 0.0492 e. The molecular weight excluding hydrogens is 232 g/mol. The van der Waals surface area contributed by atoms with Gasteiger partial charge in [0.15, 0.2) is 0 Å². The molecule has 0 aliphatic heterocycles.